The minimum absolute atomic E-state index is 0.863. The highest BCUT2D eigenvalue weighted by atomic mass is 16.7. The van der Waals surface area contributed by atoms with Crippen molar-refractivity contribution >= 4 is 11.9 Å². The lowest BCUT2D eigenvalue weighted by atomic mass is 10.2. The average molecular weight is 310 g/mol. The summed E-state index contributed by atoms with van der Waals surface area (Å²) in [6.45, 7) is -1.55. The molecule has 0 bridgehead atoms. The first-order valence-corrected chi connectivity index (χ1v) is 4.97. The smallest absolute Gasteiger partial charge is 0.467 e. The summed E-state index contributed by atoms with van der Waals surface area (Å²) in [4.78, 5) is 49.1. The van der Waals surface area contributed by atoms with E-state index in [1.807, 2.05) is 0 Å². The van der Waals surface area contributed by atoms with Crippen LogP contribution < -0.4 is 5.32 Å². The Balaban J connectivity index is 5.41. The lowest BCUT2D eigenvalue weighted by molar-refractivity contribution is -0.966. The van der Waals surface area contributed by atoms with Crippen molar-refractivity contribution in [1.29, 1.82) is 0 Å². The number of nitro groups is 3. The molecule has 0 radical (unpaired) electrons. The summed E-state index contributed by atoms with van der Waals surface area (Å²) in [6.07, 6.45) is 0. The molecule has 0 atom stereocenters. The Hall–Kier alpha value is -2.90. The highest BCUT2D eigenvalue weighted by Crippen LogP contribution is 2.11. The van der Waals surface area contributed by atoms with E-state index in [1.54, 1.807) is 5.32 Å². The van der Waals surface area contributed by atoms with Crippen molar-refractivity contribution in [3.63, 3.8) is 0 Å². The average Bonchev–Trinajstić information content (AvgIpc) is 2.40. The Bertz CT molecular complexity index is 424. The Morgan fingerprint density at radius 1 is 1.00 bits per heavy atom. The van der Waals surface area contributed by atoms with Crippen molar-refractivity contribution in [2.24, 2.45) is 0 Å². The van der Waals surface area contributed by atoms with Crippen molar-refractivity contribution in [2.75, 3.05) is 20.8 Å². The second-order valence-corrected chi connectivity index (χ2v) is 3.41. The minimum Gasteiger partial charge on any atom is -0.467 e. The third-order valence-electron chi connectivity index (χ3n) is 2.29. The van der Waals surface area contributed by atoms with Crippen LogP contribution in [0, 0.1) is 30.3 Å². The van der Waals surface area contributed by atoms with Gasteiger partial charge in [0.15, 0.2) is 14.8 Å². The number of rotatable bonds is 8. The van der Waals surface area contributed by atoms with Crippen LogP contribution in [0.2, 0.25) is 0 Å². The number of nitrogens with zero attached hydrogens (tertiary/aromatic N) is 3. The maximum Gasteiger partial charge on any atom is 0.712 e. The fourth-order valence-corrected chi connectivity index (χ4v) is 1.13. The number of esters is 2. The van der Waals surface area contributed by atoms with Crippen LogP contribution in [-0.2, 0) is 19.1 Å². The number of methoxy groups -OCH3 is 2. The molecule has 1 N–H and O–H groups in total. The van der Waals surface area contributed by atoms with Gasteiger partial charge in [-0.15, -0.1) is 0 Å². The first-order valence-electron chi connectivity index (χ1n) is 4.97. The Morgan fingerprint density at radius 3 is 1.57 bits per heavy atom. The maximum absolute atomic E-state index is 11.2. The van der Waals surface area contributed by atoms with Gasteiger partial charge < -0.3 is 9.47 Å². The molecule has 0 heterocycles. The fourth-order valence-electron chi connectivity index (χ4n) is 1.13. The SMILES string of the molecule is COC(=O)C(NCC([N+](=O)[O-])([N+](=O)[O-])[N+](=O)[O-])C(=O)OC. The monoisotopic (exact) mass is 310 g/mol. The van der Waals surface area contributed by atoms with Crippen molar-refractivity contribution in [3.8, 4) is 0 Å². The van der Waals surface area contributed by atoms with Gasteiger partial charge >= 0.3 is 17.7 Å². The van der Waals surface area contributed by atoms with Gasteiger partial charge in [0.25, 0.3) is 0 Å². The normalized spacial score (nSPS) is 10.8. The van der Waals surface area contributed by atoms with Crippen LogP contribution in [0.15, 0.2) is 0 Å². The molecule has 0 aromatic rings. The standard InChI is InChI=1S/C7H10N4O10/c1-20-5(12)4(6(13)21-2)8-3-7(9(14)15,10(16)17)11(18)19/h4,8H,3H2,1-2H3. The zero-order valence-electron chi connectivity index (χ0n) is 10.7. The van der Waals surface area contributed by atoms with Gasteiger partial charge in [-0.25, -0.2) is 9.59 Å². The second-order valence-electron chi connectivity index (χ2n) is 3.41. The van der Waals surface area contributed by atoms with Crippen LogP contribution in [0.4, 0.5) is 0 Å². The summed E-state index contributed by atoms with van der Waals surface area (Å²) in [6, 6.07) is -1.99. The third kappa shape index (κ3) is 3.56. The van der Waals surface area contributed by atoms with Crippen LogP contribution in [-0.4, -0.2) is 59.3 Å². The van der Waals surface area contributed by atoms with E-state index in [0.717, 1.165) is 14.2 Å². The van der Waals surface area contributed by atoms with E-state index in [2.05, 4.69) is 9.47 Å². The van der Waals surface area contributed by atoms with E-state index >= 15 is 0 Å². The number of carbonyl (C=O) groups excluding carboxylic acids is 2. The summed E-state index contributed by atoms with van der Waals surface area (Å²) >= 11 is 0. The summed E-state index contributed by atoms with van der Waals surface area (Å²) < 4.78 is 8.34. The zero-order valence-corrected chi connectivity index (χ0v) is 10.7. The highest BCUT2D eigenvalue weighted by Gasteiger charge is 2.70. The third-order valence-corrected chi connectivity index (χ3v) is 2.29. The molecule has 0 aliphatic heterocycles. The van der Waals surface area contributed by atoms with Gasteiger partial charge in [0, 0.05) is 0 Å². The summed E-state index contributed by atoms with van der Waals surface area (Å²) in [7, 11) is 1.73. The first-order chi connectivity index (χ1) is 9.64. The lowest BCUT2D eigenvalue weighted by Gasteiger charge is -2.15. The van der Waals surface area contributed by atoms with Crippen molar-refractivity contribution in [1.82, 2.24) is 5.32 Å². The highest BCUT2D eigenvalue weighted by molar-refractivity contribution is 5.99. The fraction of sp³-hybridized carbons (Fsp3) is 0.714. The van der Waals surface area contributed by atoms with Crippen LogP contribution in [0.1, 0.15) is 0 Å². The number of hydrogen-bond acceptors (Lipinski definition) is 11. The molecule has 0 aromatic heterocycles. The quantitative estimate of drug-likeness (QED) is 0.167. The molecule has 0 fully saturated rings. The summed E-state index contributed by atoms with van der Waals surface area (Å²) in [5, 5.41) is 33.7. The number of carbonyl (C=O) groups is 2. The van der Waals surface area contributed by atoms with E-state index in [0.29, 0.717) is 0 Å². The topological polar surface area (TPSA) is 194 Å². The Kier molecular flexibility index (Phi) is 6.06. The van der Waals surface area contributed by atoms with Gasteiger partial charge in [-0.2, -0.15) is 0 Å². The molecule has 0 aliphatic carbocycles. The van der Waals surface area contributed by atoms with Crippen LogP contribution in [0.5, 0.6) is 0 Å². The minimum atomic E-state index is -3.86. The van der Waals surface area contributed by atoms with Crippen LogP contribution in [0.25, 0.3) is 0 Å². The van der Waals surface area contributed by atoms with Crippen LogP contribution in [0.3, 0.4) is 0 Å². The second kappa shape index (κ2) is 7.04. The maximum atomic E-state index is 11.2. The van der Waals surface area contributed by atoms with Gasteiger partial charge in [-0.3, -0.25) is 35.7 Å². The van der Waals surface area contributed by atoms with E-state index in [-0.39, 0.29) is 0 Å². The molecule has 21 heavy (non-hydrogen) atoms. The van der Waals surface area contributed by atoms with Gasteiger partial charge in [0.1, 0.15) is 0 Å². The summed E-state index contributed by atoms with van der Waals surface area (Å²) in [5.41, 5.74) is 0. The number of hydrogen-bond donors (Lipinski definition) is 1. The van der Waals surface area contributed by atoms with Gasteiger partial charge in [0.2, 0.25) is 12.6 Å². The van der Waals surface area contributed by atoms with E-state index in [9.17, 15) is 39.9 Å². The molecule has 14 heteroatoms. The molecule has 0 unspecified atom stereocenters. The van der Waals surface area contributed by atoms with Gasteiger partial charge in [-0.1, -0.05) is 0 Å². The molecule has 118 valence electrons. The van der Waals surface area contributed by atoms with E-state index < -0.39 is 45.1 Å². The molecule has 0 saturated heterocycles. The number of ether oxygens (including phenoxy) is 2. The molecule has 0 aromatic carbocycles. The van der Waals surface area contributed by atoms with Crippen molar-refractivity contribution in [2.45, 2.75) is 11.8 Å². The molecule has 0 amide bonds. The van der Waals surface area contributed by atoms with Gasteiger partial charge in [0.05, 0.1) is 14.2 Å². The zero-order chi connectivity index (χ0) is 16.8. The van der Waals surface area contributed by atoms with E-state index in [4.69, 9.17) is 0 Å². The van der Waals surface area contributed by atoms with E-state index in [1.165, 1.54) is 0 Å². The lowest BCUT2D eigenvalue weighted by Crippen LogP contribution is -2.62. The molecule has 0 saturated carbocycles. The Morgan fingerprint density at radius 2 is 1.33 bits per heavy atom. The van der Waals surface area contributed by atoms with Gasteiger partial charge in [-0.05, 0) is 0 Å². The molecular weight excluding hydrogens is 300 g/mol. The molecular formula is C7H10N4O10. The largest absolute Gasteiger partial charge is 0.712 e. The number of nitrogens with one attached hydrogen (secondary N) is 1. The van der Waals surface area contributed by atoms with Crippen molar-refractivity contribution < 1.29 is 33.8 Å². The predicted octanol–water partition coefficient (Wildman–Crippen LogP) is -2.23. The molecule has 14 nitrogen and oxygen atoms in total. The summed E-state index contributed by atoms with van der Waals surface area (Å²) in [5.74, 6) is -6.43. The first kappa shape index (κ1) is 18.1. The Labute approximate surface area is 115 Å². The van der Waals surface area contributed by atoms with Crippen LogP contribution >= 0.6 is 0 Å². The predicted molar refractivity (Wildman–Crippen MR) is 59.5 cm³/mol. The molecule has 0 rings (SSSR count). The van der Waals surface area contributed by atoms with Crippen molar-refractivity contribution in [3.05, 3.63) is 30.3 Å². The molecule has 0 spiro atoms. The molecule has 0 aliphatic rings.